The number of rotatable bonds is 7. The van der Waals surface area contributed by atoms with Crippen LogP contribution in [0.25, 0.3) is 0 Å². The number of hydrogen-bond donors (Lipinski definition) is 2. The summed E-state index contributed by atoms with van der Waals surface area (Å²) in [7, 11) is -3.64. The van der Waals surface area contributed by atoms with Crippen molar-refractivity contribution in [3.05, 3.63) is 18.3 Å². The van der Waals surface area contributed by atoms with Gasteiger partial charge in [0.2, 0.25) is 0 Å². The van der Waals surface area contributed by atoms with Gasteiger partial charge in [-0.15, -0.1) is 0 Å². The second-order valence-electron chi connectivity index (χ2n) is 5.32. The molecule has 118 valence electrons. The number of ether oxygens (including phenoxy) is 1. The van der Waals surface area contributed by atoms with Crippen molar-refractivity contribution >= 4 is 15.7 Å². The first-order valence-corrected chi connectivity index (χ1v) is 8.82. The Morgan fingerprint density at radius 1 is 1.52 bits per heavy atom. The van der Waals surface area contributed by atoms with Crippen LogP contribution in [0.4, 0.5) is 5.69 Å². The lowest BCUT2D eigenvalue weighted by molar-refractivity contribution is 0.180. The molecule has 1 fully saturated rings. The van der Waals surface area contributed by atoms with Crippen LogP contribution in [0.3, 0.4) is 0 Å². The molecule has 1 aliphatic heterocycles. The van der Waals surface area contributed by atoms with Crippen molar-refractivity contribution in [3.8, 4) is 0 Å². The first-order valence-electron chi connectivity index (χ1n) is 7.33. The third kappa shape index (κ3) is 4.15. The largest absolute Gasteiger partial charge is 0.383 e. The van der Waals surface area contributed by atoms with Gasteiger partial charge in [-0.25, -0.2) is 18.1 Å². The molecule has 0 radical (unpaired) electrons. The molecule has 1 aromatic heterocycles. The summed E-state index contributed by atoms with van der Waals surface area (Å²) in [5.41, 5.74) is 0.543. The van der Waals surface area contributed by atoms with Crippen molar-refractivity contribution in [1.29, 1.82) is 0 Å². The summed E-state index contributed by atoms with van der Waals surface area (Å²) in [5.74, 6) is 0.218. The Hall–Kier alpha value is -1.18. The zero-order valence-corrected chi connectivity index (χ0v) is 13.3. The van der Waals surface area contributed by atoms with Crippen LogP contribution in [0.2, 0.25) is 0 Å². The number of pyridine rings is 1. The average Bonchev–Trinajstić information content (AvgIpc) is 2.99. The Morgan fingerprint density at radius 3 is 3.00 bits per heavy atom. The lowest BCUT2D eigenvalue weighted by Gasteiger charge is -2.20. The second kappa shape index (κ2) is 7.20. The van der Waals surface area contributed by atoms with E-state index in [-0.39, 0.29) is 17.0 Å². The molecule has 0 amide bonds. The van der Waals surface area contributed by atoms with Gasteiger partial charge in [0, 0.05) is 31.3 Å². The van der Waals surface area contributed by atoms with Crippen molar-refractivity contribution in [2.75, 3.05) is 25.1 Å². The molecular weight excluding hydrogens is 290 g/mol. The summed E-state index contributed by atoms with van der Waals surface area (Å²) in [4.78, 5) is 4.04. The highest BCUT2D eigenvalue weighted by atomic mass is 32.2. The maximum absolute atomic E-state index is 12.5. The van der Waals surface area contributed by atoms with E-state index in [1.165, 1.54) is 6.20 Å². The van der Waals surface area contributed by atoms with Gasteiger partial charge >= 0.3 is 0 Å². The molecule has 2 atom stereocenters. The standard InChI is InChI=1S/C14H23N3O3S/c1-3-7-15-13-5-4-8-16-14(13)21(18,19)17-11(2)12-6-9-20-10-12/h4-5,8,11-12,15,17H,3,6-7,9-10H2,1-2H3. The molecule has 0 aliphatic carbocycles. The molecule has 2 heterocycles. The fourth-order valence-electron chi connectivity index (χ4n) is 2.34. The van der Waals surface area contributed by atoms with Crippen LogP contribution in [0.15, 0.2) is 23.4 Å². The van der Waals surface area contributed by atoms with Crippen LogP contribution in [-0.2, 0) is 14.8 Å². The van der Waals surface area contributed by atoms with Gasteiger partial charge in [-0.3, -0.25) is 0 Å². The summed E-state index contributed by atoms with van der Waals surface area (Å²) in [6.07, 6.45) is 3.29. The van der Waals surface area contributed by atoms with E-state index in [0.717, 1.165) is 12.8 Å². The third-order valence-electron chi connectivity index (χ3n) is 3.60. The fraction of sp³-hybridized carbons (Fsp3) is 0.643. The van der Waals surface area contributed by atoms with E-state index in [0.29, 0.717) is 25.4 Å². The zero-order valence-electron chi connectivity index (χ0n) is 12.5. The molecule has 0 bridgehead atoms. The highest BCUT2D eigenvalue weighted by Crippen LogP contribution is 2.21. The number of aromatic nitrogens is 1. The number of sulfonamides is 1. The van der Waals surface area contributed by atoms with E-state index < -0.39 is 10.0 Å². The Balaban J connectivity index is 2.14. The van der Waals surface area contributed by atoms with Gasteiger partial charge in [-0.05, 0) is 31.9 Å². The summed E-state index contributed by atoms with van der Waals surface area (Å²) >= 11 is 0. The van der Waals surface area contributed by atoms with Crippen LogP contribution in [0, 0.1) is 5.92 Å². The normalized spacial score (nSPS) is 20.4. The van der Waals surface area contributed by atoms with Gasteiger partial charge in [0.05, 0.1) is 12.3 Å². The first-order chi connectivity index (χ1) is 10.0. The molecule has 21 heavy (non-hydrogen) atoms. The molecule has 1 saturated heterocycles. The van der Waals surface area contributed by atoms with Gasteiger partial charge < -0.3 is 10.1 Å². The number of nitrogens with one attached hydrogen (secondary N) is 2. The molecule has 2 unspecified atom stereocenters. The first kappa shape index (κ1) is 16.2. The van der Waals surface area contributed by atoms with E-state index in [1.807, 2.05) is 13.8 Å². The zero-order chi connectivity index (χ0) is 15.3. The topological polar surface area (TPSA) is 80.3 Å². The highest BCUT2D eigenvalue weighted by Gasteiger charge is 2.28. The number of nitrogens with zero attached hydrogens (tertiary/aromatic N) is 1. The summed E-state index contributed by atoms with van der Waals surface area (Å²) in [6, 6.07) is 3.30. The van der Waals surface area contributed by atoms with E-state index in [2.05, 4.69) is 15.0 Å². The van der Waals surface area contributed by atoms with Crippen LogP contribution in [-0.4, -0.2) is 39.2 Å². The molecule has 1 aromatic rings. The molecule has 7 heteroatoms. The Kier molecular flexibility index (Phi) is 5.55. The quantitative estimate of drug-likeness (QED) is 0.799. The molecule has 0 aromatic carbocycles. The van der Waals surface area contributed by atoms with Crippen LogP contribution >= 0.6 is 0 Å². The lowest BCUT2D eigenvalue weighted by Crippen LogP contribution is -2.38. The second-order valence-corrected chi connectivity index (χ2v) is 6.95. The number of anilines is 1. The minimum atomic E-state index is -3.64. The minimum Gasteiger partial charge on any atom is -0.383 e. The molecule has 1 aliphatic rings. The average molecular weight is 313 g/mol. The van der Waals surface area contributed by atoms with Gasteiger partial charge in [0.25, 0.3) is 10.0 Å². The molecule has 6 nitrogen and oxygen atoms in total. The van der Waals surface area contributed by atoms with Crippen molar-refractivity contribution in [3.63, 3.8) is 0 Å². The minimum absolute atomic E-state index is 0.0595. The Morgan fingerprint density at radius 2 is 2.33 bits per heavy atom. The predicted octanol–water partition coefficient (Wildman–Crippen LogP) is 1.61. The van der Waals surface area contributed by atoms with E-state index in [4.69, 9.17) is 4.74 Å². The van der Waals surface area contributed by atoms with Crippen molar-refractivity contribution in [2.24, 2.45) is 5.92 Å². The van der Waals surface area contributed by atoms with Gasteiger partial charge in [-0.2, -0.15) is 0 Å². The van der Waals surface area contributed by atoms with Gasteiger partial charge in [0.15, 0.2) is 5.03 Å². The van der Waals surface area contributed by atoms with Crippen LogP contribution < -0.4 is 10.0 Å². The molecular formula is C14H23N3O3S. The summed E-state index contributed by atoms with van der Waals surface area (Å²) in [5, 5.41) is 3.16. The Labute approximate surface area is 126 Å². The number of hydrogen-bond acceptors (Lipinski definition) is 5. The molecule has 2 rings (SSSR count). The van der Waals surface area contributed by atoms with E-state index in [9.17, 15) is 8.42 Å². The van der Waals surface area contributed by atoms with E-state index in [1.54, 1.807) is 12.1 Å². The van der Waals surface area contributed by atoms with E-state index >= 15 is 0 Å². The molecule has 0 spiro atoms. The maximum Gasteiger partial charge on any atom is 0.260 e. The van der Waals surface area contributed by atoms with Crippen LogP contribution in [0.1, 0.15) is 26.7 Å². The van der Waals surface area contributed by atoms with Crippen molar-refractivity contribution in [1.82, 2.24) is 9.71 Å². The predicted molar refractivity (Wildman–Crippen MR) is 81.7 cm³/mol. The molecule has 2 N–H and O–H groups in total. The van der Waals surface area contributed by atoms with Crippen molar-refractivity contribution in [2.45, 2.75) is 37.8 Å². The lowest BCUT2D eigenvalue weighted by atomic mass is 10.0. The fourth-order valence-corrected chi connectivity index (χ4v) is 3.77. The third-order valence-corrected chi connectivity index (χ3v) is 5.12. The summed E-state index contributed by atoms with van der Waals surface area (Å²) < 4.78 is 33.1. The Bertz CT molecular complexity index is 556. The summed E-state index contributed by atoms with van der Waals surface area (Å²) in [6.45, 7) is 5.91. The molecule has 0 saturated carbocycles. The highest BCUT2D eigenvalue weighted by molar-refractivity contribution is 7.89. The van der Waals surface area contributed by atoms with Crippen molar-refractivity contribution < 1.29 is 13.2 Å². The monoisotopic (exact) mass is 313 g/mol. The SMILES string of the molecule is CCCNc1cccnc1S(=O)(=O)NC(C)C1CCOC1. The van der Waals surface area contributed by atoms with Crippen LogP contribution in [0.5, 0.6) is 0 Å². The van der Waals surface area contributed by atoms with Gasteiger partial charge in [-0.1, -0.05) is 6.92 Å². The smallest absolute Gasteiger partial charge is 0.260 e. The maximum atomic E-state index is 12.5. The van der Waals surface area contributed by atoms with Gasteiger partial charge in [0.1, 0.15) is 0 Å².